The van der Waals surface area contributed by atoms with Crippen LogP contribution in [-0.4, -0.2) is 36.9 Å². The Balaban J connectivity index is 1.54. The van der Waals surface area contributed by atoms with Gasteiger partial charge in [-0.25, -0.2) is 13.1 Å². The van der Waals surface area contributed by atoms with Crippen LogP contribution in [0.1, 0.15) is 50.3 Å². The second-order valence-electron chi connectivity index (χ2n) is 7.09. The van der Waals surface area contributed by atoms with E-state index in [0.717, 1.165) is 24.2 Å². The van der Waals surface area contributed by atoms with Gasteiger partial charge in [0.2, 0.25) is 5.91 Å². The molecule has 27 heavy (non-hydrogen) atoms. The molecule has 1 aliphatic carbocycles. The minimum atomic E-state index is -3.20. The Labute approximate surface area is 160 Å². The van der Waals surface area contributed by atoms with Gasteiger partial charge in [0, 0.05) is 18.4 Å². The van der Waals surface area contributed by atoms with Gasteiger partial charge >= 0.3 is 0 Å². The predicted octanol–water partition coefficient (Wildman–Crippen LogP) is 2.69. The molecular formula is C19H26N4O3S. The van der Waals surface area contributed by atoms with Crippen molar-refractivity contribution in [3.05, 3.63) is 42.1 Å². The molecule has 0 saturated heterocycles. The Hall–Kier alpha value is -2.19. The maximum absolute atomic E-state index is 12.3. The molecule has 7 nitrogen and oxygen atoms in total. The lowest BCUT2D eigenvalue weighted by Crippen LogP contribution is -2.31. The molecule has 1 fully saturated rings. The lowest BCUT2D eigenvalue weighted by molar-refractivity contribution is -0.115. The number of rotatable bonds is 7. The van der Waals surface area contributed by atoms with Crippen molar-refractivity contribution in [1.29, 1.82) is 0 Å². The molecule has 2 aromatic rings. The summed E-state index contributed by atoms with van der Waals surface area (Å²) in [4.78, 5) is 12.6. The third-order valence-electron chi connectivity index (χ3n) is 4.99. The fourth-order valence-electron chi connectivity index (χ4n) is 3.41. The molecule has 1 atom stereocenters. The Morgan fingerprint density at radius 2 is 1.89 bits per heavy atom. The molecule has 146 valence electrons. The Morgan fingerprint density at radius 3 is 2.52 bits per heavy atom. The normalized spacial score (nSPS) is 16.4. The second-order valence-corrected chi connectivity index (χ2v) is 9.11. The van der Waals surface area contributed by atoms with Gasteiger partial charge in [0.05, 0.1) is 23.7 Å². The molecule has 1 unspecified atom stereocenters. The van der Waals surface area contributed by atoms with Crippen LogP contribution in [0.4, 0.5) is 5.82 Å². The van der Waals surface area contributed by atoms with Crippen molar-refractivity contribution in [3.8, 4) is 0 Å². The molecule has 1 aromatic heterocycles. The van der Waals surface area contributed by atoms with Crippen LogP contribution in [0, 0.1) is 0 Å². The topological polar surface area (TPSA) is 93.1 Å². The average molecular weight is 391 g/mol. The van der Waals surface area contributed by atoms with E-state index in [1.54, 1.807) is 30.5 Å². The van der Waals surface area contributed by atoms with Crippen molar-refractivity contribution in [2.75, 3.05) is 18.1 Å². The number of aromatic nitrogens is 2. The number of nitrogens with one attached hydrogen (secondary N) is 2. The van der Waals surface area contributed by atoms with Gasteiger partial charge in [-0.3, -0.25) is 4.79 Å². The molecule has 1 saturated carbocycles. The molecule has 0 spiro atoms. The van der Waals surface area contributed by atoms with Gasteiger partial charge in [-0.2, -0.15) is 5.10 Å². The minimum Gasteiger partial charge on any atom is -0.310 e. The summed E-state index contributed by atoms with van der Waals surface area (Å²) in [5.41, 5.74) is 0.922. The van der Waals surface area contributed by atoms with Gasteiger partial charge in [0.1, 0.15) is 5.82 Å². The first-order valence-electron chi connectivity index (χ1n) is 9.21. The summed E-state index contributed by atoms with van der Waals surface area (Å²) in [5.74, 6) is 0.605. The van der Waals surface area contributed by atoms with E-state index in [1.165, 1.54) is 19.1 Å². The predicted molar refractivity (Wildman–Crippen MR) is 104 cm³/mol. The number of anilines is 1. The summed E-state index contributed by atoms with van der Waals surface area (Å²) >= 11 is 0. The molecule has 0 bridgehead atoms. The lowest BCUT2D eigenvalue weighted by Gasteiger charge is -2.16. The zero-order valence-corrected chi connectivity index (χ0v) is 16.5. The number of sulfone groups is 1. The fraction of sp³-hybridized carbons (Fsp3) is 0.474. The van der Waals surface area contributed by atoms with Crippen LogP contribution in [0.15, 0.2) is 41.4 Å². The van der Waals surface area contributed by atoms with Crippen molar-refractivity contribution in [2.24, 2.45) is 0 Å². The van der Waals surface area contributed by atoms with Crippen LogP contribution in [-0.2, 0) is 14.6 Å². The third kappa shape index (κ3) is 4.95. The van der Waals surface area contributed by atoms with Crippen molar-refractivity contribution in [1.82, 2.24) is 15.1 Å². The Bertz CT molecular complexity index is 884. The highest BCUT2D eigenvalue weighted by molar-refractivity contribution is 7.90. The van der Waals surface area contributed by atoms with Crippen molar-refractivity contribution in [3.63, 3.8) is 0 Å². The molecule has 0 aliphatic heterocycles. The molecule has 3 rings (SSSR count). The summed E-state index contributed by atoms with van der Waals surface area (Å²) in [6, 6.07) is 8.82. The van der Waals surface area contributed by atoms with Crippen LogP contribution < -0.4 is 10.6 Å². The summed E-state index contributed by atoms with van der Waals surface area (Å²) in [7, 11) is -3.20. The zero-order chi connectivity index (χ0) is 19.4. The van der Waals surface area contributed by atoms with E-state index in [9.17, 15) is 13.2 Å². The minimum absolute atomic E-state index is 0.0795. The second kappa shape index (κ2) is 8.22. The summed E-state index contributed by atoms with van der Waals surface area (Å²) < 4.78 is 25.0. The van der Waals surface area contributed by atoms with E-state index in [-0.39, 0.29) is 23.4 Å². The average Bonchev–Trinajstić information content (AvgIpc) is 3.30. The van der Waals surface area contributed by atoms with E-state index in [0.29, 0.717) is 6.04 Å². The number of carbonyl (C=O) groups is 1. The maximum atomic E-state index is 12.3. The van der Waals surface area contributed by atoms with E-state index >= 15 is 0 Å². The Kier molecular flexibility index (Phi) is 5.96. The molecule has 1 aliphatic rings. The number of hydrogen-bond donors (Lipinski definition) is 2. The van der Waals surface area contributed by atoms with Crippen LogP contribution in [0.2, 0.25) is 0 Å². The molecule has 0 radical (unpaired) electrons. The van der Waals surface area contributed by atoms with E-state index in [4.69, 9.17) is 0 Å². The van der Waals surface area contributed by atoms with Crippen molar-refractivity contribution in [2.45, 2.75) is 49.6 Å². The smallest absolute Gasteiger partial charge is 0.239 e. The number of nitrogens with zero attached hydrogens (tertiary/aromatic N) is 2. The quantitative estimate of drug-likeness (QED) is 0.758. The Morgan fingerprint density at radius 1 is 1.22 bits per heavy atom. The molecular weight excluding hydrogens is 364 g/mol. The first-order valence-corrected chi connectivity index (χ1v) is 11.1. The van der Waals surface area contributed by atoms with Crippen LogP contribution in [0.3, 0.4) is 0 Å². The standard InChI is InChI=1S/C19H26N4O3S/c1-14(15-7-9-17(10-8-15)27(2,25)26)20-13-19(24)22-18-11-12-21-23(18)16-5-3-4-6-16/h7-12,14,16,20H,3-6,13H2,1-2H3,(H,22,24). The number of carbonyl (C=O) groups excluding carboxylic acids is 1. The summed E-state index contributed by atoms with van der Waals surface area (Å²) in [6.07, 6.45) is 7.51. The number of amides is 1. The van der Waals surface area contributed by atoms with Gasteiger partial charge in [0.25, 0.3) is 0 Å². The highest BCUT2D eigenvalue weighted by atomic mass is 32.2. The van der Waals surface area contributed by atoms with E-state index < -0.39 is 9.84 Å². The van der Waals surface area contributed by atoms with E-state index in [2.05, 4.69) is 15.7 Å². The molecule has 1 amide bonds. The first kappa shape index (κ1) is 19.6. The highest BCUT2D eigenvalue weighted by Gasteiger charge is 2.20. The largest absolute Gasteiger partial charge is 0.310 e. The molecule has 2 N–H and O–H groups in total. The van der Waals surface area contributed by atoms with Gasteiger partial charge in [0.15, 0.2) is 9.84 Å². The van der Waals surface area contributed by atoms with Gasteiger partial charge < -0.3 is 10.6 Å². The summed E-state index contributed by atoms with van der Waals surface area (Å²) in [6.45, 7) is 2.09. The fourth-order valence-corrected chi connectivity index (χ4v) is 4.04. The lowest BCUT2D eigenvalue weighted by atomic mass is 10.1. The van der Waals surface area contributed by atoms with Crippen molar-refractivity contribution >= 4 is 21.6 Å². The number of hydrogen-bond acceptors (Lipinski definition) is 5. The molecule has 1 heterocycles. The zero-order valence-electron chi connectivity index (χ0n) is 15.7. The van der Waals surface area contributed by atoms with Gasteiger partial charge in [-0.05, 0) is 37.5 Å². The highest BCUT2D eigenvalue weighted by Crippen LogP contribution is 2.31. The monoisotopic (exact) mass is 390 g/mol. The first-order chi connectivity index (χ1) is 12.8. The van der Waals surface area contributed by atoms with E-state index in [1.807, 2.05) is 17.7 Å². The van der Waals surface area contributed by atoms with Crippen LogP contribution in [0.5, 0.6) is 0 Å². The van der Waals surface area contributed by atoms with Crippen LogP contribution >= 0.6 is 0 Å². The molecule has 8 heteroatoms. The maximum Gasteiger partial charge on any atom is 0.239 e. The number of benzene rings is 1. The van der Waals surface area contributed by atoms with Gasteiger partial charge in [-0.15, -0.1) is 0 Å². The summed E-state index contributed by atoms with van der Waals surface area (Å²) in [5, 5.41) is 10.4. The van der Waals surface area contributed by atoms with Crippen LogP contribution in [0.25, 0.3) is 0 Å². The third-order valence-corrected chi connectivity index (χ3v) is 6.11. The van der Waals surface area contributed by atoms with Crippen molar-refractivity contribution < 1.29 is 13.2 Å². The SMILES string of the molecule is CC(NCC(=O)Nc1ccnn1C1CCCC1)c1ccc(S(C)(=O)=O)cc1. The molecule has 1 aromatic carbocycles. The van der Waals surface area contributed by atoms with Gasteiger partial charge in [-0.1, -0.05) is 25.0 Å².